The Morgan fingerprint density at radius 3 is 2.44 bits per heavy atom. The van der Waals surface area contributed by atoms with Crippen LogP contribution in [0.4, 0.5) is 5.69 Å². The molecule has 1 unspecified atom stereocenters. The molecule has 3 nitrogen and oxygen atoms in total. The summed E-state index contributed by atoms with van der Waals surface area (Å²) in [5, 5.41) is 12.5. The van der Waals surface area contributed by atoms with Crippen molar-refractivity contribution in [1.29, 1.82) is 5.26 Å². The van der Waals surface area contributed by atoms with Crippen molar-refractivity contribution in [2.45, 2.75) is 26.8 Å². The lowest BCUT2D eigenvalue weighted by Crippen LogP contribution is -2.36. The van der Waals surface area contributed by atoms with Crippen molar-refractivity contribution in [2.24, 2.45) is 5.92 Å². The van der Waals surface area contributed by atoms with Gasteiger partial charge in [-0.2, -0.15) is 5.26 Å². The average Bonchev–Trinajstić information content (AvgIpc) is 2.27. The molecule has 0 spiro atoms. The van der Waals surface area contributed by atoms with E-state index in [1.54, 1.807) is 0 Å². The molecule has 0 aromatic heterocycles. The van der Waals surface area contributed by atoms with E-state index in [1.807, 2.05) is 25.1 Å². The first-order valence-corrected chi connectivity index (χ1v) is 6.36. The van der Waals surface area contributed by atoms with Gasteiger partial charge < -0.3 is 10.2 Å². The molecule has 0 amide bonds. The Labute approximate surface area is 110 Å². The summed E-state index contributed by atoms with van der Waals surface area (Å²) in [6.07, 6.45) is 0. The van der Waals surface area contributed by atoms with Gasteiger partial charge in [0.15, 0.2) is 0 Å². The summed E-state index contributed by atoms with van der Waals surface area (Å²) < 4.78 is 0. The van der Waals surface area contributed by atoms with Crippen molar-refractivity contribution in [3.8, 4) is 6.07 Å². The molecule has 0 saturated heterocycles. The Kier molecular flexibility index (Phi) is 5.18. The Bertz CT molecular complexity index is 430. The highest BCUT2D eigenvalue weighted by Crippen LogP contribution is 2.17. The van der Waals surface area contributed by atoms with Crippen LogP contribution in [0.5, 0.6) is 0 Å². The first kappa shape index (κ1) is 14.5. The first-order valence-electron chi connectivity index (χ1n) is 6.36. The molecule has 0 aliphatic heterocycles. The van der Waals surface area contributed by atoms with E-state index in [0.717, 1.165) is 23.4 Å². The summed E-state index contributed by atoms with van der Waals surface area (Å²) in [4.78, 5) is 2.19. The van der Waals surface area contributed by atoms with Crippen LogP contribution in [-0.4, -0.2) is 31.6 Å². The quantitative estimate of drug-likeness (QED) is 0.867. The van der Waals surface area contributed by atoms with Gasteiger partial charge >= 0.3 is 0 Å². The maximum Gasteiger partial charge on any atom is 0.0994 e. The number of hydrogen-bond donors (Lipinski definition) is 1. The van der Waals surface area contributed by atoms with Crippen LogP contribution in [0, 0.1) is 24.2 Å². The average molecular weight is 245 g/mol. The summed E-state index contributed by atoms with van der Waals surface area (Å²) in [6.45, 7) is 7.41. The topological polar surface area (TPSA) is 39.1 Å². The van der Waals surface area contributed by atoms with Crippen molar-refractivity contribution in [2.75, 3.05) is 26.0 Å². The van der Waals surface area contributed by atoms with Gasteiger partial charge in [0.2, 0.25) is 0 Å². The van der Waals surface area contributed by atoms with Crippen molar-refractivity contribution in [3.05, 3.63) is 29.3 Å². The maximum absolute atomic E-state index is 8.92. The van der Waals surface area contributed by atoms with E-state index in [9.17, 15) is 0 Å². The molecule has 0 radical (unpaired) electrons. The van der Waals surface area contributed by atoms with Crippen molar-refractivity contribution < 1.29 is 0 Å². The maximum atomic E-state index is 8.92. The monoisotopic (exact) mass is 245 g/mol. The molecule has 0 aliphatic carbocycles. The molecule has 0 saturated carbocycles. The number of hydrogen-bond acceptors (Lipinski definition) is 3. The van der Waals surface area contributed by atoms with Crippen LogP contribution in [-0.2, 0) is 0 Å². The summed E-state index contributed by atoms with van der Waals surface area (Å²) >= 11 is 0. The molecule has 1 rings (SSSR count). The van der Waals surface area contributed by atoms with E-state index in [1.165, 1.54) is 0 Å². The van der Waals surface area contributed by atoms with Crippen LogP contribution in [0.3, 0.4) is 0 Å². The summed E-state index contributed by atoms with van der Waals surface area (Å²) in [5.41, 5.74) is 2.86. The van der Waals surface area contributed by atoms with Crippen LogP contribution in [0.25, 0.3) is 0 Å². The predicted molar refractivity (Wildman–Crippen MR) is 76.7 cm³/mol. The Hall–Kier alpha value is -1.53. The van der Waals surface area contributed by atoms with Crippen LogP contribution in [0.15, 0.2) is 18.2 Å². The molecular formula is C15H23N3. The number of benzene rings is 1. The Balaban J connectivity index is 2.81. The van der Waals surface area contributed by atoms with Crippen molar-refractivity contribution >= 4 is 5.69 Å². The van der Waals surface area contributed by atoms with Crippen LogP contribution >= 0.6 is 0 Å². The Morgan fingerprint density at radius 2 is 2.00 bits per heavy atom. The second kappa shape index (κ2) is 6.42. The van der Waals surface area contributed by atoms with Gasteiger partial charge in [0.05, 0.1) is 11.6 Å². The SMILES string of the molecule is Cc1cc(NC(CN(C)C)C(C)C)ccc1C#N. The standard InChI is InChI=1S/C15H23N3/c1-11(2)15(10-18(4)5)17-14-7-6-13(9-16)12(3)8-14/h6-8,11,15,17H,10H2,1-5H3. The third-order valence-electron chi connectivity index (χ3n) is 3.07. The molecule has 0 bridgehead atoms. The summed E-state index contributed by atoms with van der Waals surface area (Å²) in [7, 11) is 4.17. The second-order valence-electron chi connectivity index (χ2n) is 5.40. The molecule has 1 aromatic carbocycles. The van der Waals surface area contributed by atoms with Gasteiger partial charge in [-0.3, -0.25) is 0 Å². The zero-order valence-electron chi connectivity index (χ0n) is 12.0. The molecule has 0 heterocycles. The third-order valence-corrected chi connectivity index (χ3v) is 3.07. The predicted octanol–water partition coefficient (Wildman–Crippen LogP) is 2.86. The van der Waals surface area contributed by atoms with E-state index >= 15 is 0 Å². The molecule has 1 atom stereocenters. The van der Waals surface area contributed by atoms with Crippen LogP contribution in [0.1, 0.15) is 25.0 Å². The van der Waals surface area contributed by atoms with Gasteiger partial charge in [0, 0.05) is 18.3 Å². The van der Waals surface area contributed by atoms with Crippen LogP contribution in [0.2, 0.25) is 0 Å². The van der Waals surface area contributed by atoms with Gasteiger partial charge in [0.25, 0.3) is 0 Å². The lowest BCUT2D eigenvalue weighted by Gasteiger charge is -2.26. The molecule has 0 fully saturated rings. The van der Waals surface area contributed by atoms with Crippen molar-refractivity contribution in [3.63, 3.8) is 0 Å². The minimum Gasteiger partial charge on any atom is -0.381 e. The molecule has 3 heteroatoms. The van der Waals surface area contributed by atoms with E-state index in [0.29, 0.717) is 12.0 Å². The number of anilines is 1. The van der Waals surface area contributed by atoms with E-state index in [2.05, 4.69) is 44.2 Å². The van der Waals surface area contributed by atoms with E-state index in [-0.39, 0.29) is 0 Å². The molecule has 98 valence electrons. The van der Waals surface area contributed by atoms with Gasteiger partial charge in [-0.15, -0.1) is 0 Å². The lowest BCUT2D eigenvalue weighted by molar-refractivity contribution is 0.344. The fourth-order valence-corrected chi connectivity index (χ4v) is 1.91. The smallest absolute Gasteiger partial charge is 0.0994 e. The summed E-state index contributed by atoms with van der Waals surface area (Å²) in [5.74, 6) is 0.559. The number of aryl methyl sites for hydroxylation is 1. The van der Waals surface area contributed by atoms with Gasteiger partial charge in [-0.1, -0.05) is 13.8 Å². The fraction of sp³-hybridized carbons (Fsp3) is 0.533. The second-order valence-corrected chi connectivity index (χ2v) is 5.40. The minimum absolute atomic E-state index is 0.410. The number of nitriles is 1. The molecule has 1 aromatic rings. The van der Waals surface area contributed by atoms with Gasteiger partial charge in [0.1, 0.15) is 0 Å². The zero-order chi connectivity index (χ0) is 13.7. The number of rotatable bonds is 5. The number of nitrogens with zero attached hydrogens (tertiary/aromatic N) is 2. The Morgan fingerprint density at radius 1 is 1.33 bits per heavy atom. The van der Waals surface area contributed by atoms with Crippen molar-refractivity contribution in [1.82, 2.24) is 4.90 Å². The van der Waals surface area contributed by atoms with Gasteiger partial charge in [-0.25, -0.2) is 0 Å². The normalized spacial score (nSPS) is 12.6. The van der Waals surface area contributed by atoms with E-state index in [4.69, 9.17) is 5.26 Å². The van der Waals surface area contributed by atoms with Gasteiger partial charge in [-0.05, 0) is 50.7 Å². The third kappa shape index (κ3) is 4.05. The fourth-order valence-electron chi connectivity index (χ4n) is 1.91. The summed E-state index contributed by atoms with van der Waals surface area (Å²) in [6, 6.07) is 8.51. The number of likely N-dealkylation sites (N-methyl/N-ethyl adjacent to an activating group) is 1. The largest absolute Gasteiger partial charge is 0.381 e. The first-order chi connectivity index (χ1) is 8.43. The zero-order valence-corrected chi connectivity index (χ0v) is 12.0. The van der Waals surface area contributed by atoms with E-state index < -0.39 is 0 Å². The molecule has 0 aliphatic rings. The molecule has 1 N–H and O–H groups in total. The molecular weight excluding hydrogens is 222 g/mol. The van der Waals surface area contributed by atoms with Crippen LogP contribution < -0.4 is 5.32 Å². The lowest BCUT2D eigenvalue weighted by atomic mass is 10.0. The minimum atomic E-state index is 0.410. The highest BCUT2D eigenvalue weighted by Gasteiger charge is 2.14. The highest BCUT2D eigenvalue weighted by molar-refractivity contribution is 5.52. The number of nitrogens with one attached hydrogen (secondary N) is 1. The molecule has 18 heavy (non-hydrogen) atoms. The highest BCUT2D eigenvalue weighted by atomic mass is 15.1.